The van der Waals surface area contributed by atoms with Gasteiger partial charge in [-0.2, -0.15) is 0 Å². The Hall–Kier alpha value is -1.91. The van der Waals surface area contributed by atoms with E-state index in [4.69, 9.17) is 4.74 Å². The molecule has 1 N–H and O–H groups in total. The maximum Gasteiger partial charge on any atom is 0.119 e. The van der Waals surface area contributed by atoms with E-state index in [2.05, 4.69) is 16.9 Å². The van der Waals surface area contributed by atoms with Crippen LogP contribution in [0.3, 0.4) is 0 Å². The Kier molecular flexibility index (Phi) is 7.22. The Morgan fingerprint density at radius 1 is 1.04 bits per heavy atom. The quantitative estimate of drug-likeness (QED) is 0.765. The molecule has 0 spiro atoms. The van der Waals surface area contributed by atoms with Gasteiger partial charge < -0.3 is 14.7 Å². The summed E-state index contributed by atoms with van der Waals surface area (Å²) in [4.78, 5) is 6.28. The van der Waals surface area contributed by atoms with Gasteiger partial charge in [0.1, 0.15) is 5.75 Å². The number of aromatic nitrogens is 1. The fourth-order valence-electron chi connectivity index (χ4n) is 2.53. The van der Waals surface area contributed by atoms with Crippen molar-refractivity contribution >= 4 is 0 Å². The van der Waals surface area contributed by atoms with Crippen molar-refractivity contribution in [1.82, 2.24) is 9.88 Å². The predicted octanol–water partition coefficient (Wildman–Crippen LogP) is 3.47. The summed E-state index contributed by atoms with van der Waals surface area (Å²) in [5.41, 5.74) is 2.23. The minimum Gasteiger partial charge on any atom is -0.491 e. The van der Waals surface area contributed by atoms with E-state index in [9.17, 15) is 5.11 Å². The smallest absolute Gasteiger partial charge is 0.119 e. The number of nitrogens with zero attached hydrogens (tertiary/aromatic N) is 2. The Morgan fingerprint density at radius 3 is 2.33 bits per heavy atom. The normalized spacial score (nSPS) is 12.6. The van der Waals surface area contributed by atoms with E-state index in [1.165, 1.54) is 5.56 Å². The van der Waals surface area contributed by atoms with Crippen molar-refractivity contribution in [3.63, 3.8) is 0 Å². The van der Waals surface area contributed by atoms with Crippen LogP contribution in [0.5, 0.6) is 5.75 Å². The van der Waals surface area contributed by atoms with Crippen molar-refractivity contribution in [3.05, 3.63) is 59.9 Å². The van der Waals surface area contributed by atoms with Gasteiger partial charge in [0, 0.05) is 25.5 Å². The second kappa shape index (κ2) is 9.40. The number of pyridine rings is 1. The van der Waals surface area contributed by atoms with E-state index in [-0.39, 0.29) is 6.10 Å². The Labute approximate surface area is 145 Å². The average Bonchev–Trinajstić information content (AvgIpc) is 2.59. The maximum absolute atomic E-state index is 10.4. The van der Waals surface area contributed by atoms with E-state index in [0.29, 0.717) is 0 Å². The fraction of sp³-hybridized carbons (Fsp3) is 0.450. The Bertz CT molecular complexity index is 584. The van der Waals surface area contributed by atoms with Crippen LogP contribution in [0.1, 0.15) is 37.5 Å². The summed E-state index contributed by atoms with van der Waals surface area (Å²) in [6.45, 7) is 5.84. The molecule has 2 rings (SSSR count). The van der Waals surface area contributed by atoms with Crippen molar-refractivity contribution < 1.29 is 9.84 Å². The van der Waals surface area contributed by atoms with E-state index in [1.807, 2.05) is 62.6 Å². The largest absolute Gasteiger partial charge is 0.491 e. The van der Waals surface area contributed by atoms with Crippen LogP contribution in [0.4, 0.5) is 0 Å². The first-order valence-electron chi connectivity index (χ1n) is 8.56. The summed E-state index contributed by atoms with van der Waals surface area (Å²) in [6.07, 6.45) is 5.08. The molecule has 4 heteroatoms. The SMILES string of the molecule is CC(C)Oc1ccc(C(O)CCN(C)CCc2ccncc2)cc1. The highest BCUT2D eigenvalue weighted by atomic mass is 16.5. The molecule has 1 unspecified atom stereocenters. The predicted molar refractivity (Wildman–Crippen MR) is 97.2 cm³/mol. The molecule has 24 heavy (non-hydrogen) atoms. The van der Waals surface area contributed by atoms with Crippen molar-refractivity contribution in [1.29, 1.82) is 0 Å². The molecule has 1 aromatic carbocycles. The lowest BCUT2D eigenvalue weighted by Crippen LogP contribution is -2.23. The van der Waals surface area contributed by atoms with Gasteiger partial charge in [-0.25, -0.2) is 0 Å². The van der Waals surface area contributed by atoms with E-state index >= 15 is 0 Å². The summed E-state index contributed by atoms with van der Waals surface area (Å²) < 4.78 is 5.63. The summed E-state index contributed by atoms with van der Waals surface area (Å²) in [7, 11) is 2.09. The number of hydrogen-bond acceptors (Lipinski definition) is 4. The zero-order chi connectivity index (χ0) is 17.4. The second-order valence-corrected chi connectivity index (χ2v) is 6.45. The highest BCUT2D eigenvalue weighted by Crippen LogP contribution is 2.21. The molecule has 0 saturated heterocycles. The molecule has 0 aliphatic rings. The number of likely N-dealkylation sites (N-methyl/N-ethyl adjacent to an activating group) is 1. The number of hydrogen-bond donors (Lipinski definition) is 1. The third-order valence-corrected chi connectivity index (χ3v) is 3.95. The molecule has 0 aliphatic heterocycles. The molecule has 130 valence electrons. The standard InChI is InChI=1S/C20H28N2O2/c1-16(2)24-19-6-4-18(5-7-19)20(23)11-15-22(3)14-10-17-8-12-21-13-9-17/h4-9,12-13,16,20,23H,10-11,14-15H2,1-3H3. The lowest BCUT2D eigenvalue weighted by molar-refractivity contribution is 0.149. The lowest BCUT2D eigenvalue weighted by Gasteiger charge is -2.19. The van der Waals surface area contributed by atoms with Crippen molar-refractivity contribution in [3.8, 4) is 5.75 Å². The first-order valence-corrected chi connectivity index (χ1v) is 8.56. The number of benzene rings is 1. The van der Waals surface area contributed by atoms with E-state index in [1.54, 1.807) is 0 Å². The average molecular weight is 328 g/mol. The molecule has 1 heterocycles. The molecular formula is C20H28N2O2. The van der Waals surface area contributed by atoms with Gasteiger partial charge in [0.2, 0.25) is 0 Å². The molecule has 4 nitrogen and oxygen atoms in total. The van der Waals surface area contributed by atoms with Crippen LogP contribution < -0.4 is 4.74 Å². The lowest BCUT2D eigenvalue weighted by atomic mass is 10.1. The molecule has 1 aromatic heterocycles. The Morgan fingerprint density at radius 2 is 1.71 bits per heavy atom. The molecule has 0 fully saturated rings. The van der Waals surface area contributed by atoms with Gasteiger partial charge in [0.05, 0.1) is 12.2 Å². The van der Waals surface area contributed by atoms with E-state index < -0.39 is 6.10 Å². The van der Waals surface area contributed by atoms with Crippen LogP contribution in [0.2, 0.25) is 0 Å². The van der Waals surface area contributed by atoms with Crippen LogP contribution >= 0.6 is 0 Å². The second-order valence-electron chi connectivity index (χ2n) is 6.45. The van der Waals surface area contributed by atoms with Crippen LogP contribution in [-0.2, 0) is 6.42 Å². The minimum absolute atomic E-state index is 0.162. The number of rotatable bonds is 9. The van der Waals surface area contributed by atoms with Gasteiger partial charge in [0.25, 0.3) is 0 Å². The molecule has 0 radical (unpaired) electrons. The van der Waals surface area contributed by atoms with Crippen LogP contribution in [0.15, 0.2) is 48.8 Å². The molecular weight excluding hydrogens is 300 g/mol. The van der Waals surface area contributed by atoms with Gasteiger partial charge in [-0.3, -0.25) is 4.98 Å². The highest BCUT2D eigenvalue weighted by Gasteiger charge is 2.10. The minimum atomic E-state index is -0.443. The topological polar surface area (TPSA) is 45.6 Å². The number of aliphatic hydroxyl groups excluding tert-OH is 1. The van der Waals surface area contributed by atoms with Gasteiger partial charge in [-0.1, -0.05) is 12.1 Å². The fourth-order valence-corrected chi connectivity index (χ4v) is 2.53. The summed E-state index contributed by atoms with van der Waals surface area (Å²) in [5.74, 6) is 0.843. The van der Waals surface area contributed by atoms with Gasteiger partial charge in [0.15, 0.2) is 0 Å². The molecule has 0 amide bonds. The van der Waals surface area contributed by atoms with Gasteiger partial charge in [-0.05, 0) is 69.1 Å². The monoisotopic (exact) mass is 328 g/mol. The molecule has 0 bridgehead atoms. The first-order chi connectivity index (χ1) is 11.5. The summed E-state index contributed by atoms with van der Waals surface area (Å²) in [6, 6.07) is 11.8. The molecule has 2 aromatic rings. The third-order valence-electron chi connectivity index (χ3n) is 3.95. The molecule has 1 atom stereocenters. The van der Waals surface area contributed by atoms with Crippen LogP contribution in [0, 0.1) is 0 Å². The maximum atomic E-state index is 10.4. The first kappa shape index (κ1) is 18.4. The Balaban J connectivity index is 1.74. The van der Waals surface area contributed by atoms with Crippen LogP contribution in [-0.4, -0.2) is 41.2 Å². The number of aliphatic hydroxyl groups is 1. The highest BCUT2D eigenvalue weighted by molar-refractivity contribution is 5.28. The summed E-state index contributed by atoms with van der Waals surface area (Å²) in [5, 5.41) is 10.4. The van der Waals surface area contributed by atoms with Crippen LogP contribution in [0.25, 0.3) is 0 Å². The van der Waals surface area contributed by atoms with Gasteiger partial charge >= 0.3 is 0 Å². The van der Waals surface area contributed by atoms with Crippen molar-refractivity contribution in [2.75, 3.05) is 20.1 Å². The van der Waals surface area contributed by atoms with E-state index in [0.717, 1.165) is 37.2 Å². The van der Waals surface area contributed by atoms with Gasteiger partial charge in [-0.15, -0.1) is 0 Å². The summed E-state index contributed by atoms with van der Waals surface area (Å²) >= 11 is 0. The molecule has 0 aliphatic carbocycles. The zero-order valence-electron chi connectivity index (χ0n) is 14.9. The molecule has 0 saturated carbocycles. The van der Waals surface area contributed by atoms with Crippen molar-refractivity contribution in [2.45, 2.75) is 38.9 Å². The third kappa shape index (κ3) is 6.30. The zero-order valence-corrected chi connectivity index (χ0v) is 14.9. The number of ether oxygens (including phenoxy) is 1. The van der Waals surface area contributed by atoms with Crippen molar-refractivity contribution in [2.24, 2.45) is 0 Å².